The molecule has 19 heavy (non-hydrogen) atoms. The molecule has 0 saturated carbocycles. The fourth-order valence-corrected chi connectivity index (χ4v) is 3.76. The van der Waals surface area contributed by atoms with Crippen LogP contribution in [0.1, 0.15) is 5.56 Å². The summed E-state index contributed by atoms with van der Waals surface area (Å²) in [4.78, 5) is 9.61. The van der Waals surface area contributed by atoms with E-state index in [0.717, 1.165) is 33.9 Å². The third-order valence-electron chi connectivity index (χ3n) is 3.56. The van der Waals surface area contributed by atoms with Gasteiger partial charge in [0.15, 0.2) is 12.2 Å². The lowest BCUT2D eigenvalue weighted by atomic mass is 10.2. The smallest absolute Gasteiger partial charge is 0.385 e. The number of pyridine rings is 2. The Balaban J connectivity index is 1.94. The highest BCUT2D eigenvalue weighted by Crippen LogP contribution is 2.37. The van der Waals surface area contributed by atoms with Crippen molar-refractivity contribution in [3.63, 3.8) is 0 Å². The molecular weight excluding hydrogens is 258 g/mol. The summed E-state index contributed by atoms with van der Waals surface area (Å²) >= 11 is 1.67. The number of nitrogens with zero attached hydrogens (tertiary/aromatic N) is 3. The predicted molar refractivity (Wildman–Crippen MR) is 71.9 cm³/mol. The first-order valence-electron chi connectivity index (χ1n) is 6.05. The lowest BCUT2D eigenvalue weighted by Crippen LogP contribution is -2.30. The molecule has 0 spiro atoms. The Morgan fingerprint density at radius 3 is 3.26 bits per heavy atom. The summed E-state index contributed by atoms with van der Waals surface area (Å²) in [6.07, 6.45) is 5.54. The van der Waals surface area contributed by atoms with E-state index in [1.807, 2.05) is 30.7 Å². The summed E-state index contributed by atoms with van der Waals surface area (Å²) in [6.45, 7) is 0.826. The van der Waals surface area contributed by atoms with Crippen molar-refractivity contribution in [1.29, 1.82) is 0 Å². The molecule has 5 heterocycles. The molecule has 0 amide bonds. The van der Waals surface area contributed by atoms with Crippen LogP contribution in [0.15, 0.2) is 41.2 Å². The van der Waals surface area contributed by atoms with E-state index in [1.165, 1.54) is 10.3 Å². The van der Waals surface area contributed by atoms with Gasteiger partial charge in [-0.15, -0.1) is 4.57 Å². The second kappa shape index (κ2) is 3.19. The molecule has 1 aliphatic heterocycles. The zero-order valence-electron chi connectivity index (χ0n) is 9.83. The van der Waals surface area contributed by atoms with Crippen molar-refractivity contribution in [2.75, 3.05) is 0 Å². The molecule has 0 atom stereocenters. The Morgan fingerprint density at radius 1 is 1.26 bits per heavy atom. The van der Waals surface area contributed by atoms with Gasteiger partial charge in [-0.3, -0.25) is 4.98 Å². The molecule has 1 aliphatic rings. The molecule has 90 valence electrons. The Morgan fingerprint density at radius 2 is 2.26 bits per heavy atom. The molecule has 0 radical (unpaired) electrons. The standard InChI is InChI=1S/C14H8N3OS/c1-2-8-7-17-12-9-6-15-5-3-10(9)19-14(12)18-13(17)11(8)16-4-1/h1-6H,7H2/q+1. The summed E-state index contributed by atoms with van der Waals surface area (Å²) in [7, 11) is 0. The molecular formula is C14H8N3OS+. The highest BCUT2D eigenvalue weighted by molar-refractivity contribution is 7.25. The topological polar surface area (TPSA) is 42.8 Å². The van der Waals surface area contributed by atoms with E-state index >= 15 is 0 Å². The van der Waals surface area contributed by atoms with E-state index in [1.54, 1.807) is 11.3 Å². The lowest BCUT2D eigenvalue weighted by molar-refractivity contribution is -0.648. The minimum atomic E-state index is 0.826. The average molecular weight is 266 g/mol. The number of fused-ring (bicyclic) bond motifs is 7. The molecule has 0 aromatic carbocycles. The maximum Gasteiger partial charge on any atom is 0.402 e. The van der Waals surface area contributed by atoms with Crippen LogP contribution >= 0.6 is 11.3 Å². The highest BCUT2D eigenvalue weighted by Gasteiger charge is 2.36. The van der Waals surface area contributed by atoms with Crippen LogP contribution in [0.3, 0.4) is 0 Å². The van der Waals surface area contributed by atoms with Crippen LogP contribution in [0, 0.1) is 0 Å². The second-order valence-corrected chi connectivity index (χ2v) is 5.63. The van der Waals surface area contributed by atoms with Gasteiger partial charge in [-0.2, -0.15) is 0 Å². The van der Waals surface area contributed by atoms with Gasteiger partial charge in [0, 0.05) is 23.3 Å². The van der Waals surface area contributed by atoms with Gasteiger partial charge in [0.2, 0.25) is 0 Å². The maximum absolute atomic E-state index is 6.01. The van der Waals surface area contributed by atoms with Gasteiger partial charge in [-0.1, -0.05) is 11.3 Å². The monoisotopic (exact) mass is 266 g/mol. The number of hydrogen-bond donors (Lipinski definition) is 0. The number of thiophene rings is 1. The zero-order valence-corrected chi connectivity index (χ0v) is 10.6. The SMILES string of the molecule is c1cnc2c(c1)C[n+]1c-2oc2sc3ccncc3c21. The quantitative estimate of drug-likeness (QED) is 0.405. The Bertz CT molecular complexity index is 954. The summed E-state index contributed by atoms with van der Waals surface area (Å²) in [5, 5.41) is 1.16. The summed E-state index contributed by atoms with van der Waals surface area (Å²) < 4.78 is 9.43. The van der Waals surface area contributed by atoms with E-state index in [-0.39, 0.29) is 0 Å². The van der Waals surface area contributed by atoms with Crippen LogP contribution < -0.4 is 4.57 Å². The van der Waals surface area contributed by atoms with Gasteiger partial charge >= 0.3 is 5.89 Å². The van der Waals surface area contributed by atoms with E-state index in [9.17, 15) is 0 Å². The van der Waals surface area contributed by atoms with Crippen molar-refractivity contribution in [2.45, 2.75) is 6.54 Å². The third-order valence-corrected chi connectivity index (χ3v) is 4.60. The Hall–Kier alpha value is -2.27. The molecule has 0 fully saturated rings. The van der Waals surface area contributed by atoms with Crippen molar-refractivity contribution in [1.82, 2.24) is 9.97 Å². The lowest BCUT2D eigenvalue weighted by Gasteiger charge is -1.88. The molecule has 4 nitrogen and oxygen atoms in total. The van der Waals surface area contributed by atoms with E-state index in [4.69, 9.17) is 4.42 Å². The molecule has 5 rings (SSSR count). The van der Waals surface area contributed by atoms with Crippen LogP contribution in [-0.2, 0) is 6.54 Å². The average Bonchev–Trinajstić information content (AvgIpc) is 3.05. The molecule has 0 unspecified atom stereocenters. The molecule has 0 N–H and O–H groups in total. The van der Waals surface area contributed by atoms with E-state index in [2.05, 4.69) is 20.6 Å². The van der Waals surface area contributed by atoms with Crippen molar-refractivity contribution < 1.29 is 8.98 Å². The van der Waals surface area contributed by atoms with Crippen molar-refractivity contribution >= 4 is 31.8 Å². The molecule has 0 aliphatic carbocycles. The van der Waals surface area contributed by atoms with Crippen LogP contribution in [0.4, 0.5) is 0 Å². The van der Waals surface area contributed by atoms with Gasteiger partial charge in [0.25, 0.3) is 10.4 Å². The van der Waals surface area contributed by atoms with Crippen molar-refractivity contribution in [3.8, 4) is 11.6 Å². The fraction of sp³-hybridized carbons (Fsp3) is 0.0714. The molecule has 0 bridgehead atoms. The van der Waals surface area contributed by atoms with Crippen molar-refractivity contribution in [2.24, 2.45) is 0 Å². The number of oxazole rings is 1. The zero-order chi connectivity index (χ0) is 12.4. The van der Waals surface area contributed by atoms with Crippen LogP contribution in [0.2, 0.25) is 0 Å². The molecule has 0 saturated heterocycles. The summed E-state index contributed by atoms with van der Waals surface area (Å²) in [6, 6.07) is 6.10. The molecule has 4 aromatic rings. The van der Waals surface area contributed by atoms with E-state index in [0.29, 0.717) is 0 Å². The molecule has 4 aromatic heterocycles. The summed E-state index contributed by atoms with van der Waals surface area (Å²) in [5.41, 5.74) is 3.32. The first kappa shape index (κ1) is 9.63. The van der Waals surface area contributed by atoms with Gasteiger partial charge in [-0.05, 0) is 18.2 Å². The largest absolute Gasteiger partial charge is 0.402 e. The Labute approximate surface area is 112 Å². The van der Waals surface area contributed by atoms with Crippen LogP contribution in [-0.4, -0.2) is 9.97 Å². The van der Waals surface area contributed by atoms with Gasteiger partial charge in [0.1, 0.15) is 0 Å². The minimum absolute atomic E-state index is 0.826. The highest BCUT2D eigenvalue weighted by atomic mass is 32.1. The maximum atomic E-state index is 6.01. The van der Waals surface area contributed by atoms with Gasteiger partial charge in [-0.25, -0.2) is 4.98 Å². The predicted octanol–water partition coefficient (Wildman–Crippen LogP) is 2.75. The van der Waals surface area contributed by atoms with E-state index < -0.39 is 0 Å². The fourth-order valence-electron chi connectivity index (χ4n) is 2.73. The molecule has 5 heteroatoms. The first-order valence-corrected chi connectivity index (χ1v) is 6.86. The normalized spacial score (nSPS) is 13.1. The number of aromatic nitrogens is 3. The Kier molecular flexibility index (Phi) is 1.62. The van der Waals surface area contributed by atoms with Gasteiger partial charge in [0.05, 0.1) is 10.9 Å². The van der Waals surface area contributed by atoms with Gasteiger partial charge < -0.3 is 4.42 Å². The van der Waals surface area contributed by atoms with Crippen LogP contribution in [0.25, 0.3) is 32.1 Å². The minimum Gasteiger partial charge on any atom is -0.385 e. The third kappa shape index (κ3) is 1.11. The number of hydrogen-bond acceptors (Lipinski definition) is 4. The summed E-state index contributed by atoms with van der Waals surface area (Å²) in [5.74, 6) is 0.864. The number of rotatable bonds is 0. The van der Waals surface area contributed by atoms with Crippen LogP contribution in [0.5, 0.6) is 0 Å². The second-order valence-electron chi connectivity index (χ2n) is 4.61. The first-order chi connectivity index (χ1) is 9.42. The van der Waals surface area contributed by atoms with Crippen molar-refractivity contribution in [3.05, 3.63) is 42.4 Å².